The van der Waals surface area contributed by atoms with Crippen molar-refractivity contribution < 1.29 is 4.79 Å². The highest BCUT2D eigenvalue weighted by atomic mass is 32.1. The monoisotopic (exact) mass is 369 g/mol. The van der Waals surface area contributed by atoms with E-state index in [1.165, 1.54) is 35.4 Å². The van der Waals surface area contributed by atoms with Crippen molar-refractivity contribution in [3.05, 3.63) is 46.2 Å². The van der Waals surface area contributed by atoms with Crippen molar-refractivity contribution in [3.63, 3.8) is 0 Å². The summed E-state index contributed by atoms with van der Waals surface area (Å²) in [6, 6.07) is 10.4. The molecule has 1 aromatic heterocycles. The fourth-order valence-corrected chi connectivity index (χ4v) is 4.86. The maximum atomic E-state index is 12.9. The quantitative estimate of drug-likeness (QED) is 0.880. The van der Waals surface area contributed by atoms with Crippen molar-refractivity contribution in [3.8, 4) is 0 Å². The Bertz CT molecular complexity index is 766. The van der Waals surface area contributed by atoms with Crippen LogP contribution in [0.3, 0.4) is 0 Å². The highest BCUT2D eigenvalue weighted by Gasteiger charge is 2.25. The summed E-state index contributed by atoms with van der Waals surface area (Å²) in [6.07, 6.45) is 4.86. The van der Waals surface area contributed by atoms with E-state index < -0.39 is 0 Å². The van der Waals surface area contributed by atoms with E-state index in [0.717, 1.165) is 38.3 Å². The highest BCUT2D eigenvalue weighted by Crippen LogP contribution is 2.26. The van der Waals surface area contributed by atoms with E-state index in [2.05, 4.69) is 45.9 Å². The number of fused-ring (bicyclic) bond motifs is 1. The number of nitrogens with one attached hydrogen (secondary N) is 1. The molecule has 4 rings (SSSR count). The number of carbonyl (C=O) groups is 1. The van der Waals surface area contributed by atoms with Gasteiger partial charge in [0.25, 0.3) is 0 Å². The van der Waals surface area contributed by atoms with E-state index >= 15 is 0 Å². The molecule has 1 N–H and O–H groups in total. The summed E-state index contributed by atoms with van der Waals surface area (Å²) in [5, 5.41) is 5.55. The SMILES string of the molecule is CC(Nc1cccc(N2CCCCC2)c1)C(=O)N1CCc2sccc2C1. The molecule has 5 heteroatoms. The number of hydrogen-bond acceptors (Lipinski definition) is 4. The third kappa shape index (κ3) is 3.73. The lowest BCUT2D eigenvalue weighted by molar-refractivity contribution is -0.132. The molecule has 0 saturated carbocycles. The number of anilines is 2. The molecule has 2 aromatic rings. The highest BCUT2D eigenvalue weighted by molar-refractivity contribution is 7.10. The van der Waals surface area contributed by atoms with Gasteiger partial charge in [-0.3, -0.25) is 4.79 Å². The Kier molecular flexibility index (Phi) is 5.16. The van der Waals surface area contributed by atoms with Crippen LogP contribution < -0.4 is 10.2 Å². The molecule has 0 radical (unpaired) electrons. The Hall–Kier alpha value is -2.01. The standard InChI is InChI=1S/C21H27N3OS/c1-16(21(25)24-12-8-20-17(15-24)9-13-26-20)22-18-6-5-7-19(14-18)23-10-3-2-4-11-23/h5-7,9,13-14,16,22H,2-4,8,10-12,15H2,1H3. The van der Waals surface area contributed by atoms with Gasteiger partial charge in [0.05, 0.1) is 0 Å². The second-order valence-corrected chi connectivity index (χ2v) is 8.34. The molecule has 1 aromatic carbocycles. The van der Waals surface area contributed by atoms with Gasteiger partial charge in [-0.25, -0.2) is 0 Å². The summed E-state index contributed by atoms with van der Waals surface area (Å²) in [7, 11) is 0. The van der Waals surface area contributed by atoms with Gasteiger partial charge >= 0.3 is 0 Å². The fraction of sp³-hybridized carbons (Fsp3) is 0.476. The first-order valence-corrected chi connectivity index (χ1v) is 10.5. The maximum Gasteiger partial charge on any atom is 0.245 e. The molecule has 3 heterocycles. The number of amides is 1. The van der Waals surface area contributed by atoms with Crippen molar-refractivity contribution in [2.75, 3.05) is 29.9 Å². The molecule has 0 aliphatic carbocycles. The van der Waals surface area contributed by atoms with Gasteiger partial charge in [-0.05, 0) is 67.8 Å². The maximum absolute atomic E-state index is 12.9. The zero-order valence-corrected chi connectivity index (χ0v) is 16.2. The van der Waals surface area contributed by atoms with Crippen LogP contribution in [0.4, 0.5) is 11.4 Å². The molecule has 1 unspecified atom stereocenters. The van der Waals surface area contributed by atoms with Gasteiger partial charge < -0.3 is 15.1 Å². The van der Waals surface area contributed by atoms with Gasteiger partial charge in [0, 0.05) is 42.4 Å². The Labute approximate surface area is 159 Å². The summed E-state index contributed by atoms with van der Waals surface area (Å²) in [5.41, 5.74) is 3.60. The Morgan fingerprint density at radius 3 is 2.85 bits per heavy atom. The van der Waals surface area contributed by atoms with Gasteiger partial charge in [-0.1, -0.05) is 6.07 Å². The summed E-state index contributed by atoms with van der Waals surface area (Å²) >= 11 is 1.81. The van der Waals surface area contributed by atoms with Crippen molar-refractivity contribution in [2.45, 2.75) is 45.2 Å². The van der Waals surface area contributed by atoms with E-state index in [1.807, 2.05) is 11.8 Å². The van der Waals surface area contributed by atoms with E-state index in [9.17, 15) is 4.79 Å². The van der Waals surface area contributed by atoms with Crippen LogP contribution in [0, 0.1) is 0 Å². The fourth-order valence-electron chi connectivity index (χ4n) is 3.97. The molecular weight excluding hydrogens is 342 g/mol. The predicted molar refractivity (Wildman–Crippen MR) is 109 cm³/mol. The average molecular weight is 370 g/mol. The van der Waals surface area contributed by atoms with Crippen LogP contribution in [-0.4, -0.2) is 36.5 Å². The van der Waals surface area contributed by atoms with Crippen molar-refractivity contribution in [1.82, 2.24) is 4.90 Å². The molecule has 0 bridgehead atoms. The second-order valence-electron chi connectivity index (χ2n) is 7.34. The summed E-state index contributed by atoms with van der Waals surface area (Å²) in [6.45, 7) is 5.81. The number of rotatable bonds is 4. The van der Waals surface area contributed by atoms with Crippen LogP contribution >= 0.6 is 11.3 Å². The smallest absolute Gasteiger partial charge is 0.245 e. The number of thiophene rings is 1. The van der Waals surface area contributed by atoms with Crippen LogP contribution in [-0.2, 0) is 17.8 Å². The molecule has 2 aliphatic heterocycles. The lowest BCUT2D eigenvalue weighted by Gasteiger charge is -2.31. The minimum Gasteiger partial charge on any atom is -0.374 e. The van der Waals surface area contributed by atoms with Crippen LogP contribution in [0.1, 0.15) is 36.6 Å². The van der Waals surface area contributed by atoms with E-state index in [4.69, 9.17) is 0 Å². The minimum absolute atomic E-state index is 0.185. The van der Waals surface area contributed by atoms with Crippen LogP contribution in [0.15, 0.2) is 35.7 Å². The van der Waals surface area contributed by atoms with E-state index in [1.54, 1.807) is 11.3 Å². The molecular formula is C21H27N3OS. The van der Waals surface area contributed by atoms with Crippen LogP contribution in [0.25, 0.3) is 0 Å². The molecule has 0 spiro atoms. The normalized spacial score (nSPS) is 18.3. The molecule has 1 fully saturated rings. The van der Waals surface area contributed by atoms with E-state index in [-0.39, 0.29) is 11.9 Å². The van der Waals surface area contributed by atoms with Crippen molar-refractivity contribution in [2.24, 2.45) is 0 Å². The van der Waals surface area contributed by atoms with Gasteiger partial charge in [0.1, 0.15) is 6.04 Å². The minimum atomic E-state index is -0.216. The number of nitrogens with zero attached hydrogens (tertiary/aromatic N) is 2. The summed E-state index contributed by atoms with van der Waals surface area (Å²) in [4.78, 5) is 18.7. The van der Waals surface area contributed by atoms with Crippen molar-refractivity contribution >= 4 is 28.6 Å². The zero-order chi connectivity index (χ0) is 17.9. The Balaban J connectivity index is 1.40. The molecule has 138 valence electrons. The van der Waals surface area contributed by atoms with E-state index in [0.29, 0.717) is 0 Å². The van der Waals surface area contributed by atoms with Gasteiger partial charge in [0.15, 0.2) is 0 Å². The lowest BCUT2D eigenvalue weighted by Crippen LogP contribution is -2.43. The summed E-state index contributed by atoms with van der Waals surface area (Å²) in [5.74, 6) is 0.185. The number of hydrogen-bond donors (Lipinski definition) is 1. The number of piperidine rings is 1. The molecule has 26 heavy (non-hydrogen) atoms. The third-order valence-corrected chi connectivity index (χ3v) is 6.46. The average Bonchev–Trinajstić information content (AvgIpc) is 3.16. The van der Waals surface area contributed by atoms with Crippen LogP contribution in [0.2, 0.25) is 0 Å². The number of benzene rings is 1. The van der Waals surface area contributed by atoms with Gasteiger partial charge in [-0.15, -0.1) is 11.3 Å². The largest absolute Gasteiger partial charge is 0.374 e. The topological polar surface area (TPSA) is 35.6 Å². The first kappa shape index (κ1) is 17.4. The first-order chi connectivity index (χ1) is 12.7. The Morgan fingerprint density at radius 1 is 1.15 bits per heavy atom. The van der Waals surface area contributed by atoms with Crippen molar-refractivity contribution in [1.29, 1.82) is 0 Å². The first-order valence-electron chi connectivity index (χ1n) is 9.66. The predicted octanol–water partition coefficient (Wildman–Crippen LogP) is 4.12. The summed E-state index contributed by atoms with van der Waals surface area (Å²) < 4.78 is 0. The second kappa shape index (κ2) is 7.70. The zero-order valence-electron chi connectivity index (χ0n) is 15.4. The molecule has 1 saturated heterocycles. The molecule has 2 aliphatic rings. The molecule has 4 nitrogen and oxygen atoms in total. The third-order valence-electron chi connectivity index (χ3n) is 5.44. The van der Waals surface area contributed by atoms with Crippen LogP contribution in [0.5, 0.6) is 0 Å². The molecule has 1 atom stereocenters. The number of carbonyl (C=O) groups excluding carboxylic acids is 1. The van der Waals surface area contributed by atoms with Gasteiger partial charge in [0.2, 0.25) is 5.91 Å². The lowest BCUT2D eigenvalue weighted by atomic mass is 10.1. The Morgan fingerprint density at radius 2 is 2.00 bits per heavy atom. The van der Waals surface area contributed by atoms with Gasteiger partial charge in [-0.2, -0.15) is 0 Å². The molecule has 1 amide bonds.